The minimum absolute atomic E-state index is 0.0129. The van der Waals surface area contributed by atoms with Crippen molar-refractivity contribution < 1.29 is 19.1 Å². The Balaban J connectivity index is 2.05. The molecule has 1 aromatic heterocycles. The summed E-state index contributed by atoms with van der Waals surface area (Å²) in [6, 6.07) is 8.46. The summed E-state index contributed by atoms with van der Waals surface area (Å²) in [5.41, 5.74) is -0.165. The first kappa shape index (κ1) is 19.5. The fourth-order valence-electron chi connectivity index (χ4n) is 2.35. The highest BCUT2D eigenvalue weighted by atomic mass is 16.6. The second-order valence-corrected chi connectivity index (χ2v) is 6.92. The Hall–Kier alpha value is -2.83. The topological polar surface area (TPSA) is 77.8 Å². The van der Waals surface area contributed by atoms with E-state index in [0.717, 1.165) is 5.39 Å². The van der Waals surface area contributed by atoms with Crippen molar-refractivity contribution >= 4 is 23.3 Å². The molecule has 0 radical (unpaired) electrons. The van der Waals surface area contributed by atoms with Crippen LogP contribution >= 0.6 is 0 Å². The largest absolute Gasteiger partial charge is 0.492 e. The average molecular weight is 360 g/mol. The third kappa shape index (κ3) is 5.08. The van der Waals surface area contributed by atoms with Crippen LogP contribution in [0.15, 0.2) is 35.1 Å². The molecule has 0 aliphatic rings. The van der Waals surface area contributed by atoms with Gasteiger partial charge >= 0.3 is 6.09 Å². The minimum Gasteiger partial charge on any atom is -0.492 e. The average Bonchev–Trinajstić information content (AvgIpc) is 2.56. The summed E-state index contributed by atoms with van der Waals surface area (Å²) < 4.78 is 12.4. The standard InChI is InChI=1S/C19H24N2O5/c1-19(2,3)26-18(24)20(4)10-12-25-15-7-5-14-6-8-17(23)21(9-11-22)16(14)13-15/h5-8,11,13H,9-10,12H2,1-4H3. The molecule has 0 N–H and O–H groups in total. The molecule has 2 aromatic rings. The molecular formula is C19H24N2O5. The van der Waals surface area contributed by atoms with Gasteiger partial charge in [0.1, 0.15) is 24.2 Å². The maximum absolute atomic E-state index is 11.9. The molecule has 0 spiro atoms. The molecule has 1 amide bonds. The third-order valence-electron chi connectivity index (χ3n) is 3.62. The van der Waals surface area contributed by atoms with Gasteiger partial charge in [0.25, 0.3) is 5.56 Å². The molecule has 26 heavy (non-hydrogen) atoms. The van der Waals surface area contributed by atoms with Gasteiger partial charge in [-0.05, 0) is 44.4 Å². The lowest BCUT2D eigenvalue weighted by atomic mass is 10.2. The number of nitrogens with zero attached hydrogens (tertiary/aromatic N) is 2. The highest BCUT2D eigenvalue weighted by Gasteiger charge is 2.19. The normalized spacial score (nSPS) is 11.2. The van der Waals surface area contributed by atoms with Crippen molar-refractivity contribution in [1.82, 2.24) is 9.47 Å². The van der Waals surface area contributed by atoms with Gasteiger partial charge in [0, 0.05) is 19.2 Å². The summed E-state index contributed by atoms with van der Waals surface area (Å²) in [7, 11) is 1.64. The Morgan fingerprint density at radius 1 is 1.23 bits per heavy atom. The molecular weight excluding hydrogens is 336 g/mol. The number of aldehydes is 1. The maximum atomic E-state index is 11.9. The van der Waals surface area contributed by atoms with E-state index in [0.29, 0.717) is 24.1 Å². The minimum atomic E-state index is -0.549. The number of fused-ring (bicyclic) bond motifs is 1. The summed E-state index contributed by atoms with van der Waals surface area (Å²) in [6.07, 6.45) is 0.267. The molecule has 1 aromatic carbocycles. The summed E-state index contributed by atoms with van der Waals surface area (Å²) in [6.45, 7) is 6.03. The summed E-state index contributed by atoms with van der Waals surface area (Å²) in [5.74, 6) is 0.556. The zero-order valence-electron chi connectivity index (χ0n) is 15.5. The SMILES string of the molecule is CN(CCOc1ccc2ccc(=O)n(CC=O)c2c1)C(=O)OC(C)(C)C. The van der Waals surface area contributed by atoms with Gasteiger partial charge in [0.05, 0.1) is 18.6 Å². The molecule has 0 saturated heterocycles. The molecule has 7 heteroatoms. The zero-order chi connectivity index (χ0) is 19.3. The first-order valence-corrected chi connectivity index (χ1v) is 8.35. The van der Waals surface area contributed by atoms with Crippen LogP contribution in [-0.4, -0.2) is 47.6 Å². The predicted molar refractivity (Wildman–Crippen MR) is 98.6 cm³/mol. The van der Waals surface area contributed by atoms with E-state index in [9.17, 15) is 14.4 Å². The summed E-state index contributed by atoms with van der Waals surface area (Å²) >= 11 is 0. The Morgan fingerprint density at radius 3 is 2.58 bits per heavy atom. The van der Waals surface area contributed by atoms with E-state index >= 15 is 0 Å². The zero-order valence-corrected chi connectivity index (χ0v) is 15.5. The van der Waals surface area contributed by atoms with Crippen LogP contribution in [0.4, 0.5) is 4.79 Å². The van der Waals surface area contributed by atoms with Crippen molar-refractivity contribution in [1.29, 1.82) is 0 Å². The number of likely N-dealkylation sites (N-methyl/N-ethyl adjacent to an activating group) is 1. The fraction of sp³-hybridized carbons (Fsp3) is 0.421. The molecule has 0 aliphatic carbocycles. The second-order valence-electron chi connectivity index (χ2n) is 6.92. The van der Waals surface area contributed by atoms with Crippen LogP contribution in [0.5, 0.6) is 5.75 Å². The van der Waals surface area contributed by atoms with Gasteiger partial charge in [-0.15, -0.1) is 0 Å². The molecule has 0 unspecified atom stereocenters. The van der Waals surface area contributed by atoms with Gasteiger partial charge in [-0.1, -0.05) is 0 Å². The molecule has 7 nitrogen and oxygen atoms in total. The van der Waals surface area contributed by atoms with Crippen molar-refractivity contribution in [3.63, 3.8) is 0 Å². The molecule has 0 fully saturated rings. The third-order valence-corrected chi connectivity index (χ3v) is 3.62. The van der Waals surface area contributed by atoms with Crippen molar-refractivity contribution in [3.8, 4) is 5.75 Å². The molecule has 2 rings (SSSR count). The first-order valence-electron chi connectivity index (χ1n) is 8.35. The first-order chi connectivity index (χ1) is 12.2. The molecule has 0 bridgehead atoms. The summed E-state index contributed by atoms with van der Waals surface area (Å²) in [5, 5.41) is 0.838. The number of amides is 1. The van der Waals surface area contributed by atoms with Crippen LogP contribution in [0.1, 0.15) is 20.8 Å². The Morgan fingerprint density at radius 2 is 1.92 bits per heavy atom. The number of ether oxygens (including phenoxy) is 2. The number of carbonyl (C=O) groups excluding carboxylic acids is 2. The molecule has 0 aliphatic heterocycles. The molecule has 0 atom stereocenters. The number of hydrogen-bond donors (Lipinski definition) is 0. The molecule has 0 saturated carbocycles. The number of benzene rings is 1. The van der Waals surface area contributed by atoms with Crippen LogP contribution in [0.2, 0.25) is 0 Å². The lowest BCUT2D eigenvalue weighted by Gasteiger charge is -2.24. The number of aromatic nitrogens is 1. The van der Waals surface area contributed by atoms with Crippen molar-refractivity contribution in [2.75, 3.05) is 20.2 Å². The van der Waals surface area contributed by atoms with Gasteiger partial charge in [-0.2, -0.15) is 0 Å². The van der Waals surface area contributed by atoms with Crippen LogP contribution < -0.4 is 10.3 Å². The van der Waals surface area contributed by atoms with E-state index in [2.05, 4.69) is 0 Å². The van der Waals surface area contributed by atoms with E-state index < -0.39 is 11.7 Å². The van der Waals surface area contributed by atoms with Gasteiger partial charge in [-0.25, -0.2) is 4.79 Å². The number of hydrogen-bond acceptors (Lipinski definition) is 5. The highest BCUT2D eigenvalue weighted by molar-refractivity contribution is 5.81. The van der Waals surface area contributed by atoms with Gasteiger partial charge in [0.15, 0.2) is 0 Å². The summed E-state index contributed by atoms with van der Waals surface area (Å²) in [4.78, 5) is 36.1. The van der Waals surface area contributed by atoms with E-state index in [4.69, 9.17) is 9.47 Å². The maximum Gasteiger partial charge on any atom is 0.410 e. The lowest BCUT2D eigenvalue weighted by molar-refractivity contribution is -0.108. The lowest BCUT2D eigenvalue weighted by Crippen LogP contribution is -2.36. The predicted octanol–water partition coefficient (Wildman–Crippen LogP) is 2.45. The fourth-order valence-corrected chi connectivity index (χ4v) is 2.35. The van der Waals surface area contributed by atoms with Crippen molar-refractivity contribution in [2.24, 2.45) is 0 Å². The van der Waals surface area contributed by atoms with Gasteiger partial charge in [-0.3, -0.25) is 4.79 Å². The van der Waals surface area contributed by atoms with Gasteiger partial charge < -0.3 is 23.7 Å². The van der Waals surface area contributed by atoms with Crippen molar-refractivity contribution in [2.45, 2.75) is 32.9 Å². The number of rotatable bonds is 6. The Bertz CT molecular complexity index is 851. The second kappa shape index (κ2) is 8.03. The monoisotopic (exact) mass is 360 g/mol. The highest BCUT2D eigenvalue weighted by Crippen LogP contribution is 2.19. The van der Waals surface area contributed by atoms with Gasteiger partial charge in [0.2, 0.25) is 0 Å². The number of pyridine rings is 1. The van der Waals surface area contributed by atoms with E-state index in [1.54, 1.807) is 25.2 Å². The molecule has 1 heterocycles. The molecule has 140 valence electrons. The Labute approximate surface area is 152 Å². The van der Waals surface area contributed by atoms with E-state index in [-0.39, 0.29) is 18.7 Å². The smallest absolute Gasteiger partial charge is 0.410 e. The number of carbonyl (C=O) groups is 2. The van der Waals surface area contributed by atoms with Crippen molar-refractivity contribution in [3.05, 3.63) is 40.7 Å². The Kier molecular flexibility index (Phi) is 6.02. The van der Waals surface area contributed by atoms with E-state index in [1.165, 1.54) is 15.5 Å². The quantitative estimate of drug-likeness (QED) is 0.740. The van der Waals surface area contributed by atoms with Crippen LogP contribution in [0.25, 0.3) is 10.9 Å². The van der Waals surface area contributed by atoms with E-state index in [1.807, 2.05) is 26.8 Å². The van der Waals surface area contributed by atoms with Crippen LogP contribution in [0.3, 0.4) is 0 Å². The van der Waals surface area contributed by atoms with Crippen LogP contribution in [-0.2, 0) is 16.1 Å². The van der Waals surface area contributed by atoms with Crippen LogP contribution in [0, 0.1) is 0 Å².